The van der Waals surface area contributed by atoms with E-state index in [1.807, 2.05) is 47.1 Å². The Bertz CT molecular complexity index is 1050. The molecule has 2 aromatic heterocycles. The lowest BCUT2D eigenvalue weighted by Crippen LogP contribution is -1.91. The van der Waals surface area contributed by atoms with E-state index in [1.165, 1.54) is 6.07 Å². The zero-order valence-electron chi connectivity index (χ0n) is 14.1. The molecule has 0 bridgehead atoms. The van der Waals surface area contributed by atoms with E-state index in [0.717, 1.165) is 33.1 Å². The molecule has 0 saturated heterocycles. The zero-order chi connectivity index (χ0) is 17.9. The van der Waals surface area contributed by atoms with Crippen molar-refractivity contribution in [3.05, 3.63) is 78.4 Å². The minimum absolute atomic E-state index is 0.222. The highest BCUT2D eigenvalue weighted by atomic mass is 32.2. The molecule has 130 valence electrons. The van der Waals surface area contributed by atoms with Crippen LogP contribution < -0.4 is 4.74 Å². The Labute approximate surface area is 154 Å². The molecule has 0 unspecified atom stereocenters. The first kappa shape index (κ1) is 16.6. The summed E-state index contributed by atoms with van der Waals surface area (Å²) in [7, 11) is 1.65. The average Bonchev–Trinajstić information content (AvgIpc) is 3.11. The van der Waals surface area contributed by atoms with Gasteiger partial charge in [-0.05, 0) is 48.0 Å². The van der Waals surface area contributed by atoms with Crippen molar-refractivity contribution in [2.75, 3.05) is 7.11 Å². The molecule has 0 radical (unpaired) electrons. The number of rotatable bonds is 5. The molecule has 0 saturated carbocycles. The van der Waals surface area contributed by atoms with E-state index < -0.39 is 0 Å². The van der Waals surface area contributed by atoms with Gasteiger partial charge in [0, 0.05) is 23.7 Å². The molecule has 2 aromatic carbocycles. The van der Waals surface area contributed by atoms with Gasteiger partial charge in [-0.2, -0.15) is 5.10 Å². The highest BCUT2D eigenvalue weighted by molar-refractivity contribution is 7.98. The lowest BCUT2D eigenvalue weighted by molar-refractivity contribution is 0.415. The van der Waals surface area contributed by atoms with Crippen LogP contribution >= 0.6 is 11.8 Å². The van der Waals surface area contributed by atoms with E-state index in [1.54, 1.807) is 37.2 Å². The van der Waals surface area contributed by atoms with Crippen molar-refractivity contribution in [3.63, 3.8) is 0 Å². The third-order valence-electron chi connectivity index (χ3n) is 4.00. The smallest absolute Gasteiger partial charge is 0.123 e. The third kappa shape index (κ3) is 3.41. The minimum Gasteiger partial charge on any atom is -0.497 e. The summed E-state index contributed by atoms with van der Waals surface area (Å²) in [4.78, 5) is 4.47. The van der Waals surface area contributed by atoms with Gasteiger partial charge in [0.2, 0.25) is 0 Å². The van der Waals surface area contributed by atoms with Crippen LogP contribution in [0.15, 0.2) is 72.0 Å². The predicted molar refractivity (Wildman–Crippen MR) is 101 cm³/mol. The molecule has 0 aliphatic carbocycles. The molecule has 0 aliphatic rings. The van der Waals surface area contributed by atoms with Gasteiger partial charge in [0.1, 0.15) is 16.6 Å². The first-order valence-corrected chi connectivity index (χ1v) is 9.07. The van der Waals surface area contributed by atoms with E-state index >= 15 is 0 Å². The summed E-state index contributed by atoms with van der Waals surface area (Å²) >= 11 is 1.57. The van der Waals surface area contributed by atoms with Crippen molar-refractivity contribution in [2.45, 2.75) is 10.8 Å². The summed E-state index contributed by atoms with van der Waals surface area (Å²) in [5.74, 6) is 1.24. The van der Waals surface area contributed by atoms with Gasteiger partial charge in [0.15, 0.2) is 0 Å². The summed E-state index contributed by atoms with van der Waals surface area (Å²) in [6.07, 6.45) is 3.56. The normalized spacial score (nSPS) is 11.0. The van der Waals surface area contributed by atoms with E-state index in [-0.39, 0.29) is 5.82 Å². The van der Waals surface area contributed by atoms with Gasteiger partial charge in [-0.15, -0.1) is 0 Å². The maximum Gasteiger partial charge on any atom is 0.123 e. The van der Waals surface area contributed by atoms with Crippen molar-refractivity contribution in [3.8, 4) is 17.0 Å². The van der Waals surface area contributed by atoms with Crippen molar-refractivity contribution in [2.24, 2.45) is 0 Å². The highest BCUT2D eigenvalue weighted by Gasteiger charge is 2.10. The predicted octanol–water partition coefficient (Wildman–Crippen LogP) is 4.84. The Kier molecular flexibility index (Phi) is 4.58. The standard InChI is InChI=1S/C20H16FN3OS/c1-25-17-7-5-15(6-8-17)18-12-19-20(22-9-10-24(19)23-18)26-13-14-3-2-4-16(21)11-14/h2-12H,13H2,1H3. The second-order valence-electron chi connectivity index (χ2n) is 5.74. The lowest BCUT2D eigenvalue weighted by Gasteiger charge is -2.03. The van der Waals surface area contributed by atoms with Crippen molar-refractivity contribution in [1.29, 1.82) is 0 Å². The monoisotopic (exact) mass is 365 g/mol. The molecule has 6 heteroatoms. The van der Waals surface area contributed by atoms with Crippen molar-refractivity contribution < 1.29 is 9.13 Å². The topological polar surface area (TPSA) is 39.4 Å². The first-order valence-electron chi connectivity index (χ1n) is 8.09. The SMILES string of the molecule is COc1ccc(-c2cc3c(SCc4cccc(F)c4)nccn3n2)cc1. The molecule has 4 aromatic rings. The molecule has 0 aliphatic heterocycles. The largest absolute Gasteiger partial charge is 0.497 e. The van der Waals surface area contributed by atoms with Gasteiger partial charge in [-0.25, -0.2) is 13.9 Å². The fraction of sp³-hybridized carbons (Fsp3) is 0.100. The van der Waals surface area contributed by atoms with Gasteiger partial charge >= 0.3 is 0 Å². The van der Waals surface area contributed by atoms with Crippen LogP contribution in [0.4, 0.5) is 4.39 Å². The Morgan fingerprint density at radius 2 is 1.96 bits per heavy atom. The lowest BCUT2D eigenvalue weighted by atomic mass is 10.1. The average molecular weight is 365 g/mol. The summed E-state index contributed by atoms with van der Waals surface area (Å²) < 4.78 is 20.4. The number of hydrogen-bond acceptors (Lipinski definition) is 4. The Hall–Kier alpha value is -2.86. The van der Waals surface area contributed by atoms with Crippen LogP contribution in [-0.4, -0.2) is 21.7 Å². The molecule has 0 amide bonds. The van der Waals surface area contributed by atoms with Gasteiger partial charge in [-0.1, -0.05) is 23.9 Å². The molecule has 0 fully saturated rings. The number of nitrogens with zero attached hydrogens (tertiary/aromatic N) is 3. The fourth-order valence-corrected chi connectivity index (χ4v) is 3.61. The van der Waals surface area contributed by atoms with E-state index in [0.29, 0.717) is 5.75 Å². The fourth-order valence-electron chi connectivity index (χ4n) is 2.69. The Morgan fingerprint density at radius 3 is 2.73 bits per heavy atom. The summed E-state index contributed by atoms with van der Waals surface area (Å²) in [5.41, 5.74) is 3.73. The molecule has 0 N–H and O–H groups in total. The molecular weight excluding hydrogens is 349 g/mol. The van der Waals surface area contributed by atoms with E-state index in [4.69, 9.17) is 4.74 Å². The zero-order valence-corrected chi connectivity index (χ0v) is 14.9. The summed E-state index contributed by atoms with van der Waals surface area (Å²) in [6.45, 7) is 0. The van der Waals surface area contributed by atoms with Crippen LogP contribution in [0.3, 0.4) is 0 Å². The number of halogens is 1. The van der Waals surface area contributed by atoms with Crippen LogP contribution in [0.25, 0.3) is 16.8 Å². The number of aromatic nitrogens is 3. The molecular formula is C20H16FN3OS. The van der Waals surface area contributed by atoms with Crippen molar-refractivity contribution >= 4 is 17.3 Å². The van der Waals surface area contributed by atoms with Crippen LogP contribution in [0.5, 0.6) is 5.75 Å². The van der Waals surface area contributed by atoms with Crippen LogP contribution in [0.1, 0.15) is 5.56 Å². The Balaban J connectivity index is 1.62. The maximum absolute atomic E-state index is 13.3. The second-order valence-corrected chi connectivity index (χ2v) is 6.70. The number of benzene rings is 2. The van der Waals surface area contributed by atoms with Crippen LogP contribution in [0.2, 0.25) is 0 Å². The quantitative estimate of drug-likeness (QED) is 0.475. The van der Waals surface area contributed by atoms with Gasteiger partial charge in [0.05, 0.1) is 18.3 Å². The van der Waals surface area contributed by atoms with E-state index in [9.17, 15) is 4.39 Å². The number of fused-ring (bicyclic) bond motifs is 1. The molecule has 0 spiro atoms. The number of methoxy groups -OCH3 is 1. The first-order chi connectivity index (χ1) is 12.7. The van der Waals surface area contributed by atoms with E-state index in [2.05, 4.69) is 10.1 Å². The summed E-state index contributed by atoms with van der Waals surface area (Å²) in [6, 6.07) is 16.4. The third-order valence-corrected chi connectivity index (χ3v) is 5.07. The van der Waals surface area contributed by atoms with Gasteiger partial charge < -0.3 is 4.74 Å². The Morgan fingerprint density at radius 1 is 1.12 bits per heavy atom. The summed E-state index contributed by atoms with van der Waals surface area (Å²) in [5, 5.41) is 5.50. The maximum atomic E-state index is 13.3. The minimum atomic E-state index is -0.222. The molecule has 4 nitrogen and oxygen atoms in total. The number of ether oxygens (including phenoxy) is 1. The van der Waals surface area contributed by atoms with Crippen LogP contribution in [0, 0.1) is 5.82 Å². The van der Waals surface area contributed by atoms with Gasteiger partial charge in [0.25, 0.3) is 0 Å². The van der Waals surface area contributed by atoms with Crippen LogP contribution in [-0.2, 0) is 5.75 Å². The molecule has 0 atom stereocenters. The van der Waals surface area contributed by atoms with Gasteiger partial charge in [-0.3, -0.25) is 0 Å². The van der Waals surface area contributed by atoms with Crippen molar-refractivity contribution in [1.82, 2.24) is 14.6 Å². The molecule has 26 heavy (non-hydrogen) atoms. The second kappa shape index (κ2) is 7.17. The highest BCUT2D eigenvalue weighted by Crippen LogP contribution is 2.28. The molecule has 2 heterocycles. The number of thioether (sulfide) groups is 1. The molecule has 4 rings (SSSR count). The number of hydrogen-bond donors (Lipinski definition) is 0.